The summed E-state index contributed by atoms with van der Waals surface area (Å²) >= 11 is 1.21. The molecule has 2 aromatic heterocycles. The largest absolute Gasteiger partial charge is 0.494 e. The highest BCUT2D eigenvalue weighted by atomic mass is 32.1. The summed E-state index contributed by atoms with van der Waals surface area (Å²) in [5.41, 5.74) is 2.60. The zero-order valence-corrected chi connectivity index (χ0v) is 20.1. The van der Waals surface area contributed by atoms with E-state index in [1.807, 2.05) is 48.5 Å². The molecule has 4 aromatic rings. The van der Waals surface area contributed by atoms with Crippen LogP contribution in [0, 0.1) is 0 Å². The van der Waals surface area contributed by atoms with E-state index in [1.165, 1.54) is 15.9 Å². The van der Waals surface area contributed by atoms with Gasteiger partial charge in [-0.15, -0.1) is 5.10 Å². The molecule has 0 aliphatic carbocycles. The number of carbonyl (C=O) groups excluding carboxylic acids is 1. The number of rotatable bonds is 8. The summed E-state index contributed by atoms with van der Waals surface area (Å²) in [7, 11) is 0. The van der Waals surface area contributed by atoms with E-state index in [-0.39, 0.29) is 11.5 Å². The molecule has 0 N–H and O–H groups in total. The number of ether oxygens (including phenoxy) is 1. The van der Waals surface area contributed by atoms with E-state index < -0.39 is 0 Å². The van der Waals surface area contributed by atoms with Crippen LogP contribution in [0.3, 0.4) is 0 Å². The van der Waals surface area contributed by atoms with Crippen LogP contribution in [0.15, 0.2) is 53.3 Å². The van der Waals surface area contributed by atoms with Crippen LogP contribution in [0.5, 0.6) is 5.75 Å². The van der Waals surface area contributed by atoms with Crippen LogP contribution in [-0.2, 0) is 4.79 Å². The van der Waals surface area contributed by atoms with Crippen molar-refractivity contribution in [2.75, 3.05) is 18.1 Å². The van der Waals surface area contributed by atoms with Gasteiger partial charge in [-0.3, -0.25) is 9.59 Å². The van der Waals surface area contributed by atoms with Crippen LogP contribution >= 0.6 is 11.3 Å². The number of hydrogen-bond acceptors (Lipinski definition) is 6. The Morgan fingerprint density at radius 3 is 2.47 bits per heavy atom. The molecule has 0 bridgehead atoms. The number of fused-ring (bicyclic) bond motifs is 2. The standard InChI is InChI=1S/C26H26N4O3S/c1-3-5-15-29-20-10-8-7-9-19(20)21(24(29)31)22-25(32)30-26(34-22)27-23(28-30)17-11-13-18(14-12-17)33-16-6-4-2/h7-14H,3-6,15-16H2,1-2H3/b22-21+. The second-order valence-electron chi connectivity index (χ2n) is 8.30. The molecule has 0 atom stereocenters. The van der Waals surface area contributed by atoms with Crippen molar-refractivity contribution in [1.82, 2.24) is 14.6 Å². The number of hydrogen-bond donors (Lipinski definition) is 0. The third kappa shape index (κ3) is 3.88. The van der Waals surface area contributed by atoms with Crippen molar-refractivity contribution in [1.29, 1.82) is 0 Å². The molecule has 7 nitrogen and oxygen atoms in total. The van der Waals surface area contributed by atoms with Crippen molar-refractivity contribution >= 4 is 33.5 Å². The average molecular weight is 475 g/mol. The number of benzene rings is 2. The van der Waals surface area contributed by atoms with Gasteiger partial charge in [0.2, 0.25) is 4.96 Å². The minimum atomic E-state index is -0.311. The van der Waals surface area contributed by atoms with Crippen molar-refractivity contribution in [2.45, 2.75) is 39.5 Å². The van der Waals surface area contributed by atoms with Crippen LogP contribution in [0.2, 0.25) is 0 Å². The maximum atomic E-state index is 13.3. The monoisotopic (exact) mass is 474 g/mol. The number of para-hydroxylation sites is 1. The zero-order valence-electron chi connectivity index (χ0n) is 19.3. The zero-order chi connectivity index (χ0) is 23.7. The van der Waals surface area contributed by atoms with E-state index in [1.54, 1.807) is 4.90 Å². The molecule has 2 aromatic carbocycles. The second kappa shape index (κ2) is 9.38. The maximum Gasteiger partial charge on any atom is 0.291 e. The SMILES string of the molecule is CCCCOc1ccc(-c2nc3s/c(=C4/C(=O)N(CCCC)c5ccccc54)c(=O)n3n2)cc1. The van der Waals surface area contributed by atoms with Gasteiger partial charge in [0, 0.05) is 17.7 Å². The summed E-state index contributed by atoms with van der Waals surface area (Å²) < 4.78 is 7.40. The molecule has 5 rings (SSSR count). The molecule has 34 heavy (non-hydrogen) atoms. The number of anilines is 1. The predicted octanol–water partition coefficient (Wildman–Crippen LogP) is 4.06. The molecule has 3 heterocycles. The lowest BCUT2D eigenvalue weighted by Gasteiger charge is -2.16. The van der Waals surface area contributed by atoms with Crippen LogP contribution in [-0.4, -0.2) is 33.7 Å². The third-order valence-electron chi connectivity index (χ3n) is 5.92. The minimum Gasteiger partial charge on any atom is -0.494 e. The Morgan fingerprint density at radius 1 is 0.971 bits per heavy atom. The average Bonchev–Trinajstić information content (AvgIpc) is 3.49. The van der Waals surface area contributed by atoms with Gasteiger partial charge in [-0.2, -0.15) is 9.50 Å². The van der Waals surface area contributed by atoms with E-state index in [9.17, 15) is 9.59 Å². The lowest BCUT2D eigenvalue weighted by atomic mass is 10.1. The van der Waals surface area contributed by atoms with Crippen LogP contribution in [0.25, 0.3) is 21.9 Å². The normalized spacial score (nSPS) is 14.8. The minimum absolute atomic E-state index is 0.130. The van der Waals surface area contributed by atoms with E-state index in [0.29, 0.717) is 34.0 Å². The summed E-state index contributed by atoms with van der Waals surface area (Å²) in [6, 6.07) is 15.2. The highest BCUT2D eigenvalue weighted by Gasteiger charge is 2.33. The Bertz CT molecular complexity index is 1460. The fourth-order valence-electron chi connectivity index (χ4n) is 4.08. The number of amides is 1. The molecule has 1 aliphatic heterocycles. The fourth-order valence-corrected chi connectivity index (χ4v) is 5.08. The Kier molecular flexibility index (Phi) is 6.15. The Balaban J connectivity index is 1.52. The van der Waals surface area contributed by atoms with Gasteiger partial charge in [0.05, 0.1) is 17.9 Å². The van der Waals surface area contributed by atoms with Gasteiger partial charge in [0.25, 0.3) is 11.5 Å². The maximum absolute atomic E-state index is 13.3. The summed E-state index contributed by atoms with van der Waals surface area (Å²) in [4.78, 5) is 33.5. The van der Waals surface area contributed by atoms with E-state index in [4.69, 9.17) is 4.74 Å². The summed E-state index contributed by atoms with van der Waals surface area (Å²) in [5, 5.41) is 4.45. The smallest absolute Gasteiger partial charge is 0.291 e. The third-order valence-corrected chi connectivity index (χ3v) is 6.95. The molecule has 174 valence electrons. The molecule has 1 aliphatic rings. The van der Waals surface area contributed by atoms with Crippen molar-refractivity contribution in [3.8, 4) is 17.1 Å². The van der Waals surface area contributed by atoms with Gasteiger partial charge in [-0.25, -0.2) is 0 Å². The highest BCUT2D eigenvalue weighted by molar-refractivity contribution is 7.15. The van der Waals surface area contributed by atoms with Crippen LogP contribution in [0.1, 0.15) is 45.1 Å². The van der Waals surface area contributed by atoms with Gasteiger partial charge < -0.3 is 9.64 Å². The summed E-state index contributed by atoms with van der Waals surface area (Å²) in [6.45, 7) is 5.54. The molecule has 8 heteroatoms. The molecular weight excluding hydrogens is 448 g/mol. The van der Waals surface area contributed by atoms with E-state index >= 15 is 0 Å². The van der Waals surface area contributed by atoms with Gasteiger partial charge in [0.15, 0.2) is 5.82 Å². The van der Waals surface area contributed by atoms with Crippen molar-refractivity contribution in [2.24, 2.45) is 0 Å². The lowest BCUT2D eigenvalue weighted by molar-refractivity contribution is -0.113. The number of unbranched alkanes of at least 4 members (excludes halogenated alkanes) is 2. The Hall–Kier alpha value is -3.52. The molecule has 0 fully saturated rings. The Labute approximate surface area is 201 Å². The second-order valence-corrected chi connectivity index (χ2v) is 9.27. The van der Waals surface area contributed by atoms with Gasteiger partial charge in [0.1, 0.15) is 10.3 Å². The summed E-state index contributed by atoms with van der Waals surface area (Å²) in [5.74, 6) is 1.14. The van der Waals surface area contributed by atoms with Crippen molar-refractivity contribution in [3.05, 3.63) is 69.0 Å². The number of thiazole rings is 1. The number of aromatic nitrogens is 3. The van der Waals surface area contributed by atoms with Crippen molar-refractivity contribution < 1.29 is 9.53 Å². The first kappa shape index (κ1) is 22.3. The molecule has 0 unspecified atom stereocenters. The first-order chi connectivity index (χ1) is 16.6. The first-order valence-electron chi connectivity index (χ1n) is 11.7. The molecule has 0 radical (unpaired) electrons. The van der Waals surface area contributed by atoms with Crippen LogP contribution in [0.4, 0.5) is 5.69 Å². The van der Waals surface area contributed by atoms with Gasteiger partial charge in [-0.05, 0) is 43.2 Å². The quantitative estimate of drug-likeness (QED) is 0.360. The summed E-state index contributed by atoms with van der Waals surface area (Å²) in [6.07, 6.45) is 3.98. The first-order valence-corrected chi connectivity index (χ1v) is 12.5. The topological polar surface area (TPSA) is 76.8 Å². The Morgan fingerprint density at radius 2 is 1.74 bits per heavy atom. The van der Waals surface area contributed by atoms with E-state index in [2.05, 4.69) is 23.9 Å². The molecular formula is C26H26N4O3S. The molecule has 0 saturated heterocycles. The van der Waals surface area contributed by atoms with Crippen LogP contribution < -0.4 is 19.7 Å². The highest BCUT2D eigenvalue weighted by Crippen LogP contribution is 2.35. The fraction of sp³-hybridized carbons (Fsp3) is 0.308. The predicted molar refractivity (Wildman–Crippen MR) is 134 cm³/mol. The molecule has 0 spiro atoms. The number of carbonyl (C=O) groups is 1. The molecule has 1 amide bonds. The lowest BCUT2D eigenvalue weighted by Crippen LogP contribution is -2.33. The van der Waals surface area contributed by atoms with Crippen molar-refractivity contribution in [3.63, 3.8) is 0 Å². The molecule has 0 saturated carbocycles. The number of nitrogens with zero attached hydrogens (tertiary/aromatic N) is 4. The van der Waals surface area contributed by atoms with Gasteiger partial charge >= 0.3 is 0 Å². The van der Waals surface area contributed by atoms with Gasteiger partial charge in [-0.1, -0.05) is 56.2 Å². The van der Waals surface area contributed by atoms with E-state index in [0.717, 1.165) is 48.2 Å².